The summed E-state index contributed by atoms with van der Waals surface area (Å²) in [7, 11) is 0. The van der Waals surface area contributed by atoms with Crippen LogP contribution in [-0.4, -0.2) is 47.7 Å². The first-order valence-electron chi connectivity index (χ1n) is 8.81. The molecule has 2 rings (SSSR count). The smallest absolute Gasteiger partial charge is 0.410 e. The number of alkyl halides is 1. The summed E-state index contributed by atoms with van der Waals surface area (Å²) >= 11 is 3.35. The number of likely N-dealkylation sites (tertiary alicyclic amines) is 1. The monoisotopic (exact) mass is 413 g/mol. The Morgan fingerprint density at radius 2 is 2.00 bits per heavy atom. The average Bonchev–Trinajstić information content (AvgIpc) is 2.77. The second-order valence-electron chi connectivity index (χ2n) is 7.15. The molecule has 0 N–H and O–H groups in total. The Morgan fingerprint density at radius 3 is 2.72 bits per heavy atom. The van der Waals surface area contributed by atoms with Crippen LogP contribution >= 0.6 is 15.9 Å². The first-order chi connectivity index (χ1) is 11.9. The number of hydrogen-bond donors (Lipinski definition) is 0. The van der Waals surface area contributed by atoms with Crippen LogP contribution in [0.2, 0.25) is 0 Å². The average molecular weight is 414 g/mol. The van der Waals surface area contributed by atoms with Crippen molar-refractivity contribution in [2.75, 3.05) is 25.0 Å². The molecule has 25 heavy (non-hydrogen) atoms. The van der Waals surface area contributed by atoms with Crippen LogP contribution in [0.25, 0.3) is 0 Å². The van der Waals surface area contributed by atoms with Crippen molar-refractivity contribution in [3.8, 4) is 11.5 Å². The second-order valence-corrected chi connectivity index (χ2v) is 7.94. The molecule has 1 saturated heterocycles. The lowest BCUT2D eigenvalue weighted by Gasteiger charge is -2.26. The molecular formula is C19H28BrNO4. The molecule has 0 radical (unpaired) electrons. The lowest BCUT2D eigenvalue weighted by molar-refractivity contribution is 0.0252. The molecule has 1 fully saturated rings. The van der Waals surface area contributed by atoms with Gasteiger partial charge in [0.2, 0.25) is 0 Å². The number of ether oxygens (including phenoxy) is 3. The van der Waals surface area contributed by atoms with Crippen molar-refractivity contribution < 1.29 is 19.0 Å². The molecule has 1 aliphatic rings. The lowest BCUT2D eigenvalue weighted by Crippen LogP contribution is -2.37. The van der Waals surface area contributed by atoms with Gasteiger partial charge in [0.05, 0.1) is 6.61 Å². The van der Waals surface area contributed by atoms with Crippen LogP contribution in [0.1, 0.15) is 40.0 Å². The van der Waals surface area contributed by atoms with Gasteiger partial charge >= 0.3 is 6.09 Å². The highest BCUT2D eigenvalue weighted by Gasteiger charge is 2.25. The van der Waals surface area contributed by atoms with Gasteiger partial charge in [-0.1, -0.05) is 22.0 Å². The maximum absolute atomic E-state index is 12.2. The quantitative estimate of drug-likeness (QED) is 0.660. The summed E-state index contributed by atoms with van der Waals surface area (Å²) in [6.45, 7) is 7.65. The summed E-state index contributed by atoms with van der Waals surface area (Å²) in [6, 6.07) is 7.71. The van der Waals surface area contributed by atoms with Gasteiger partial charge in [0, 0.05) is 30.9 Å². The molecule has 0 bridgehead atoms. The maximum Gasteiger partial charge on any atom is 0.410 e. The molecule has 1 atom stereocenters. The number of carbonyl (C=O) groups excluding carboxylic acids is 1. The van der Waals surface area contributed by atoms with E-state index < -0.39 is 5.60 Å². The summed E-state index contributed by atoms with van der Waals surface area (Å²) in [5.74, 6) is 1.61. The number of nitrogens with zero attached hydrogens (tertiary/aromatic N) is 1. The van der Waals surface area contributed by atoms with E-state index in [9.17, 15) is 4.79 Å². The van der Waals surface area contributed by atoms with Crippen molar-refractivity contribution in [1.29, 1.82) is 0 Å². The molecule has 1 aromatic rings. The predicted octanol–water partition coefficient (Wildman–Crippen LogP) is 4.63. The molecule has 1 aromatic carbocycles. The van der Waals surface area contributed by atoms with E-state index in [0.717, 1.165) is 36.1 Å². The number of benzene rings is 1. The van der Waals surface area contributed by atoms with Gasteiger partial charge in [-0.3, -0.25) is 0 Å². The molecule has 1 heterocycles. The van der Waals surface area contributed by atoms with E-state index in [2.05, 4.69) is 15.9 Å². The number of hydrogen-bond acceptors (Lipinski definition) is 4. The normalized spacial score (nSPS) is 18.4. The zero-order valence-electron chi connectivity index (χ0n) is 15.3. The van der Waals surface area contributed by atoms with Crippen LogP contribution in [0.4, 0.5) is 4.79 Å². The zero-order valence-corrected chi connectivity index (χ0v) is 16.9. The van der Waals surface area contributed by atoms with Gasteiger partial charge in [0.25, 0.3) is 0 Å². The number of amides is 1. The minimum Gasteiger partial charge on any atom is -0.493 e. The van der Waals surface area contributed by atoms with E-state index in [1.54, 1.807) is 4.90 Å². The Kier molecular flexibility index (Phi) is 7.41. The van der Waals surface area contributed by atoms with Crippen LogP contribution in [0.3, 0.4) is 0 Å². The van der Waals surface area contributed by atoms with Crippen molar-refractivity contribution >= 4 is 22.0 Å². The molecule has 0 aliphatic carbocycles. The Hall–Kier alpha value is -1.43. The van der Waals surface area contributed by atoms with E-state index >= 15 is 0 Å². The van der Waals surface area contributed by atoms with E-state index in [4.69, 9.17) is 14.2 Å². The standard InChI is InChI=1S/C19H28BrNO4/c1-19(2,3)25-18(22)21-11-5-8-15(9-12-21)24-17-7-4-6-16(14-17)23-13-10-20/h4,6-7,14-15H,5,8-13H2,1-3H3. The van der Waals surface area contributed by atoms with Crippen LogP contribution < -0.4 is 9.47 Å². The highest BCUT2D eigenvalue weighted by atomic mass is 79.9. The largest absolute Gasteiger partial charge is 0.493 e. The van der Waals surface area contributed by atoms with Crippen molar-refractivity contribution in [3.05, 3.63) is 24.3 Å². The third-order valence-electron chi connectivity index (χ3n) is 3.78. The van der Waals surface area contributed by atoms with Crippen molar-refractivity contribution in [3.63, 3.8) is 0 Å². The summed E-state index contributed by atoms with van der Waals surface area (Å²) in [5, 5.41) is 0.793. The van der Waals surface area contributed by atoms with Gasteiger partial charge in [0.1, 0.15) is 23.2 Å². The fraction of sp³-hybridized carbons (Fsp3) is 0.632. The van der Waals surface area contributed by atoms with Crippen LogP contribution in [0.15, 0.2) is 24.3 Å². The summed E-state index contributed by atoms with van der Waals surface area (Å²) in [6.07, 6.45) is 2.48. The molecule has 0 spiro atoms. The Labute approximate surface area is 158 Å². The fourth-order valence-corrected chi connectivity index (χ4v) is 2.84. The Balaban J connectivity index is 1.87. The number of halogens is 1. The zero-order chi connectivity index (χ0) is 18.3. The Morgan fingerprint density at radius 1 is 1.24 bits per heavy atom. The molecule has 1 aliphatic heterocycles. The van der Waals surface area contributed by atoms with Crippen molar-refractivity contribution in [2.24, 2.45) is 0 Å². The van der Waals surface area contributed by atoms with E-state index in [1.165, 1.54) is 0 Å². The predicted molar refractivity (Wildman–Crippen MR) is 102 cm³/mol. The second kappa shape index (κ2) is 9.32. The molecule has 0 saturated carbocycles. The van der Waals surface area contributed by atoms with Gasteiger partial charge in [-0.05, 0) is 45.7 Å². The first kappa shape index (κ1) is 19.9. The molecular weight excluding hydrogens is 386 g/mol. The van der Waals surface area contributed by atoms with Gasteiger partial charge in [-0.2, -0.15) is 0 Å². The minimum atomic E-state index is -0.463. The lowest BCUT2D eigenvalue weighted by atomic mass is 10.1. The van der Waals surface area contributed by atoms with Crippen molar-refractivity contribution in [2.45, 2.75) is 51.7 Å². The van der Waals surface area contributed by atoms with E-state index in [-0.39, 0.29) is 12.2 Å². The molecule has 5 nitrogen and oxygen atoms in total. The van der Waals surface area contributed by atoms with Crippen LogP contribution in [0, 0.1) is 0 Å². The maximum atomic E-state index is 12.2. The molecule has 1 unspecified atom stereocenters. The van der Waals surface area contributed by atoms with Crippen molar-refractivity contribution in [1.82, 2.24) is 4.90 Å². The summed E-state index contributed by atoms with van der Waals surface area (Å²) in [4.78, 5) is 14.0. The third-order valence-corrected chi connectivity index (χ3v) is 4.10. The molecule has 140 valence electrons. The molecule has 6 heteroatoms. The van der Waals surface area contributed by atoms with Gasteiger partial charge in [0.15, 0.2) is 0 Å². The van der Waals surface area contributed by atoms with Gasteiger partial charge in [-0.15, -0.1) is 0 Å². The summed E-state index contributed by atoms with van der Waals surface area (Å²) in [5.41, 5.74) is -0.463. The van der Waals surface area contributed by atoms with E-state index in [1.807, 2.05) is 45.0 Å². The fourth-order valence-electron chi connectivity index (χ4n) is 2.68. The minimum absolute atomic E-state index is 0.0962. The third kappa shape index (κ3) is 7.14. The summed E-state index contributed by atoms with van der Waals surface area (Å²) < 4.78 is 17.2. The Bertz CT molecular complexity index is 559. The van der Waals surface area contributed by atoms with Crippen LogP contribution in [0.5, 0.6) is 11.5 Å². The highest BCUT2D eigenvalue weighted by molar-refractivity contribution is 9.09. The number of carbonyl (C=O) groups is 1. The van der Waals surface area contributed by atoms with Crippen LogP contribution in [-0.2, 0) is 4.74 Å². The number of rotatable bonds is 5. The van der Waals surface area contributed by atoms with Gasteiger partial charge in [-0.25, -0.2) is 4.79 Å². The molecule has 0 aromatic heterocycles. The first-order valence-corrected chi connectivity index (χ1v) is 9.93. The molecule has 1 amide bonds. The van der Waals surface area contributed by atoms with Gasteiger partial charge < -0.3 is 19.1 Å². The topological polar surface area (TPSA) is 48.0 Å². The SMILES string of the molecule is CC(C)(C)OC(=O)N1CCCC(Oc2cccc(OCCBr)c2)CC1. The van der Waals surface area contributed by atoms with E-state index in [0.29, 0.717) is 19.7 Å². The highest BCUT2D eigenvalue weighted by Crippen LogP contribution is 2.24.